The van der Waals surface area contributed by atoms with Gasteiger partial charge in [-0.3, -0.25) is 9.59 Å². The number of rotatable bonds is 6. The molecule has 5 nitrogen and oxygen atoms in total. The summed E-state index contributed by atoms with van der Waals surface area (Å²) >= 11 is 1.62. The van der Waals surface area contributed by atoms with Crippen LogP contribution in [0, 0.1) is 20.8 Å². The summed E-state index contributed by atoms with van der Waals surface area (Å²) in [6.07, 6.45) is 0.439. The summed E-state index contributed by atoms with van der Waals surface area (Å²) in [5.74, 6) is -0.0764. The number of nitrogens with one attached hydrogen (secondary N) is 1. The molecular weight excluding hydrogens is 370 g/mol. The Morgan fingerprint density at radius 3 is 2.36 bits per heavy atom. The van der Waals surface area contributed by atoms with Crippen LogP contribution in [-0.2, 0) is 4.79 Å². The molecule has 28 heavy (non-hydrogen) atoms. The van der Waals surface area contributed by atoms with E-state index in [0.29, 0.717) is 0 Å². The minimum absolute atomic E-state index is 0.0409. The second kappa shape index (κ2) is 8.88. The average molecular weight is 400 g/mol. The highest BCUT2D eigenvalue weighted by atomic mass is 32.1. The molecule has 3 rings (SSSR count). The van der Waals surface area contributed by atoms with Crippen molar-refractivity contribution in [3.05, 3.63) is 45.1 Å². The number of benzene rings is 1. The molecule has 1 N–H and O–H groups in total. The van der Waals surface area contributed by atoms with E-state index in [1.807, 2.05) is 32.9 Å². The van der Waals surface area contributed by atoms with Gasteiger partial charge in [-0.2, -0.15) is 0 Å². The van der Waals surface area contributed by atoms with Crippen LogP contribution in [0.4, 0.5) is 11.4 Å². The zero-order valence-corrected chi connectivity index (χ0v) is 18.0. The fourth-order valence-electron chi connectivity index (χ4n) is 3.53. The number of thiophene rings is 1. The topological polar surface area (TPSA) is 52.7 Å². The van der Waals surface area contributed by atoms with Crippen LogP contribution in [-0.4, -0.2) is 49.8 Å². The Kier molecular flexibility index (Phi) is 6.52. The molecule has 0 unspecified atom stereocenters. The van der Waals surface area contributed by atoms with Gasteiger partial charge in [0.2, 0.25) is 5.91 Å². The Morgan fingerprint density at radius 2 is 1.75 bits per heavy atom. The van der Waals surface area contributed by atoms with Crippen molar-refractivity contribution < 1.29 is 9.59 Å². The Balaban J connectivity index is 1.55. The maximum absolute atomic E-state index is 12.4. The molecule has 1 aromatic carbocycles. The first kappa shape index (κ1) is 20.6. The van der Waals surface area contributed by atoms with Crippen molar-refractivity contribution in [2.75, 3.05) is 43.4 Å². The quantitative estimate of drug-likeness (QED) is 0.745. The van der Waals surface area contributed by atoms with Crippen molar-refractivity contribution in [3.63, 3.8) is 0 Å². The predicted molar refractivity (Wildman–Crippen MR) is 117 cm³/mol. The van der Waals surface area contributed by atoms with E-state index in [-0.39, 0.29) is 24.5 Å². The van der Waals surface area contributed by atoms with Gasteiger partial charge >= 0.3 is 0 Å². The van der Waals surface area contributed by atoms with Gasteiger partial charge in [0, 0.05) is 65.7 Å². The van der Waals surface area contributed by atoms with Gasteiger partial charge in [-0.15, -0.1) is 11.3 Å². The first-order valence-electron chi connectivity index (χ1n) is 9.77. The van der Waals surface area contributed by atoms with Crippen LogP contribution < -0.4 is 10.2 Å². The summed E-state index contributed by atoms with van der Waals surface area (Å²) in [4.78, 5) is 31.6. The lowest BCUT2D eigenvalue weighted by atomic mass is 10.1. The molecule has 1 fully saturated rings. The number of ketones is 1. The molecular formula is C22H29N3O2S. The maximum atomic E-state index is 12.4. The number of hydrogen-bond acceptors (Lipinski definition) is 5. The van der Waals surface area contributed by atoms with Gasteiger partial charge in [0.05, 0.1) is 0 Å². The molecule has 0 aliphatic carbocycles. The second-order valence-corrected chi connectivity index (χ2v) is 9.05. The molecule has 0 radical (unpaired) electrons. The Hall–Kier alpha value is -2.18. The number of carbonyl (C=O) groups is 2. The van der Waals surface area contributed by atoms with E-state index in [1.165, 1.54) is 5.69 Å². The SMILES string of the molecule is Cc1cc(C(=O)CCC(=O)Nc2ccc(N3CCN(C)CC3)cc2C)c(C)s1. The number of Topliss-reactive ketones (excluding diaryl/α,β-unsaturated/α-hetero) is 1. The van der Waals surface area contributed by atoms with E-state index in [0.717, 1.165) is 52.7 Å². The lowest BCUT2D eigenvalue weighted by molar-refractivity contribution is -0.116. The van der Waals surface area contributed by atoms with Crippen molar-refractivity contribution in [2.45, 2.75) is 33.6 Å². The molecule has 6 heteroatoms. The van der Waals surface area contributed by atoms with Crippen molar-refractivity contribution in [1.82, 2.24) is 4.90 Å². The van der Waals surface area contributed by atoms with Gasteiger partial charge in [-0.05, 0) is 57.6 Å². The van der Waals surface area contributed by atoms with Crippen LogP contribution >= 0.6 is 11.3 Å². The summed E-state index contributed by atoms with van der Waals surface area (Å²) in [7, 11) is 2.15. The third-order valence-corrected chi connectivity index (χ3v) is 6.24. The van der Waals surface area contributed by atoms with Crippen LogP contribution in [0.25, 0.3) is 0 Å². The summed E-state index contributed by atoms with van der Waals surface area (Å²) < 4.78 is 0. The van der Waals surface area contributed by atoms with E-state index in [4.69, 9.17) is 0 Å². The third kappa shape index (κ3) is 5.00. The predicted octanol–water partition coefficient (Wildman–Crippen LogP) is 4.03. The largest absolute Gasteiger partial charge is 0.369 e. The van der Waals surface area contributed by atoms with E-state index in [2.05, 4.69) is 34.3 Å². The monoisotopic (exact) mass is 399 g/mol. The van der Waals surface area contributed by atoms with Gasteiger partial charge in [-0.1, -0.05) is 0 Å². The van der Waals surface area contributed by atoms with Crippen molar-refractivity contribution in [1.29, 1.82) is 0 Å². The molecule has 2 heterocycles. The van der Waals surface area contributed by atoms with Crippen molar-refractivity contribution in [2.24, 2.45) is 0 Å². The fourth-order valence-corrected chi connectivity index (χ4v) is 4.47. The highest BCUT2D eigenvalue weighted by molar-refractivity contribution is 7.12. The smallest absolute Gasteiger partial charge is 0.224 e. The number of aryl methyl sites for hydroxylation is 3. The highest BCUT2D eigenvalue weighted by Crippen LogP contribution is 2.25. The number of amides is 1. The molecule has 1 aliphatic rings. The van der Waals surface area contributed by atoms with Gasteiger partial charge in [0.15, 0.2) is 5.78 Å². The van der Waals surface area contributed by atoms with E-state index < -0.39 is 0 Å². The number of likely N-dealkylation sites (N-methyl/N-ethyl adjacent to an activating group) is 1. The molecule has 0 saturated carbocycles. The van der Waals surface area contributed by atoms with E-state index >= 15 is 0 Å². The van der Waals surface area contributed by atoms with Crippen LogP contribution in [0.3, 0.4) is 0 Å². The molecule has 2 aromatic rings. The standard InChI is InChI=1S/C22H29N3O2S/c1-15-13-18(25-11-9-24(4)10-12-25)5-6-20(15)23-22(27)8-7-21(26)19-14-16(2)28-17(19)3/h5-6,13-14H,7-12H2,1-4H3,(H,23,27). The molecule has 0 bridgehead atoms. The van der Waals surface area contributed by atoms with Crippen molar-refractivity contribution in [3.8, 4) is 0 Å². The Morgan fingerprint density at radius 1 is 1.04 bits per heavy atom. The third-order valence-electron chi connectivity index (χ3n) is 5.27. The minimum Gasteiger partial charge on any atom is -0.369 e. The number of anilines is 2. The van der Waals surface area contributed by atoms with Crippen LogP contribution in [0.15, 0.2) is 24.3 Å². The highest BCUT2D eigenvalue weighted by Gasteiger charge is 2.16. The normalized spacial score (nSPS) is 14.9. The van der Waals surface area contributed by atoms with E-state index in [9.17, 15) is 9.59 Å². The lowest BCUT2D eigenvalue weighted by Crippen LogP contribution is -2.44. The average Bonchev–Trinajstić information content (AvgIpc) is 3.00. The zero-order chi connectivity index (χ0) is 20.3. The first-order chi connectivity index (χ1) is 13.3. The molecule has 150 valence electrons. The number of hydrogen-bond donors (Lipinski definition) is 1. The molecule has 1 amide bonds. The fraction of sp³-hybridized carbons (Fsp3) is 0.455. The summed E-state index contributed by atoms with van der Waals surface area (Å²) in [5.41, 5.74) is 3.81. The lowest BCUT2D eigenvalue weighted by Gasteiger charge is -2.34. The summed E-state index contributed by atoms with van der Waals surface area (Å²) in [6, 6.07) is 8.08. The number of nitrogens with zero attached hydrogens (tertiary/aromatic N) is 2. The summed E-state index contributed by atoms with van der Waals surface area (Å²) in [6.45, 7) is 10.1. The van der Waals surface area contributed by atoms with Gasteiger partial charge in [0.25, 0.3) is 0 Å². The Bertz CT molecular complexity index is 867. The first-order valence-corrected chi connectivity index (χ1v) is 10.6. The Labute approximate surface area is 171 Å². The maximum Gasteiger partial charge on any atom is 0.224 e. The van der Waals surface area contributed by atoms with Crippen molar-refractivity contribution >= 4 is 34.4 Å². The summed E-state index contributed by atoms with van der Waals surface area (Å²) in [5, 5.41) is 2.96. The molecule has 0 spiro atoms. The van der Waals surface area contributed by atoms with Crippen LogP contribution in [0.1, 0.15) is 38.5 Å². The zero-order valence-electron chi connectivity index (χ0n) is 17.2. The number of piperazine rings is 1. The number of carbonyl (C=O) groups excluding carboxylic acids is 2. The van der Waals surface area contributed by atoms with Gasteiger partial charge < -0.3 is 15.1 Å². The van der Waals surface area contributed by atoms with Crippen LogP contribution in [0.2, 0.25) is 0 Å². The van der Waals surface area contributed by atoms with E-state index in [1.54, 1.807) is 11.3 Å². The minimum atomic E-state index is -0.117. The van der Waals surface area contributed by atoms with Gasteiger partial charge in [0.1, 0.15) is 0 Å². The molecule has 1 saturated heterocycles. The molecule has 1 aliphatic heterocycles. The molecule has 0 atom stereocenters. The van der Waals surface area contributed by atoms with Gasteiger partial charge in [-0.25, -0.2) is 0 Å². The van der Waals surface area contributed by atoms with Crippen LogP contribution in [0.5, 0.6) is 0 Å². The second-order valence-electron chi connectivity index (χ2n) is 7.59. The molecule has 1 aromatic heterocycles.